The van der Waals surface area contributed by atoms with E-state index in [1.165, 1.54) is 0 Å². The molecular formula is C17H22ClN3O2. The van der Waals surface area contributed by atoms with E-state index in [0.717, 1.165) is 32.5 Å². The Morgan fingerprint density at radius 3 is 2.61 bits per heavy atom. The van der Waals surface area contributed by atoms with E-state index >= 15 is 0 Å². The van der Waals surface area contributed by atoms with Crippen molar-refractivity contribution in [1.29, 1.82) is 5.26 Å². The number of carbonyl (C=O) groups excluding carboxylic acids is 1. The number of aliphatic hydroxyl groups is 1. The monoisotopic (exact) mass is 335 g/mol. The van der Waals surface area contributed by atoms with E-state index in [9.17, 15) is 9.90 Å². The lowest BCUT2D eigenvalue weighted by molar-refractivity contribution is 0.0488. The number of hydrogen-bond acceptors (Lipinski definition) is 4. The molecule has 1 N–H and O–H groups in total. The fourth-order valence-corrected chi connectivity index (χ4v) is 2.93. The summed E-state index contributed by atoms with van der Waals surface area (Å²) in [6, 6.07) is 8.91. The lowest BCUT2D eigenvalue weighted by atomic mass is 10.1. The first-order chi connectivity index (χ1) is 10.7. The Bertz CT molecular complexity index is 590. The number of carbonyl (C=O) groups is 1. The minimum Gasteiger partial charge on any atom is -0.392 e. The third-order valence-corrected chi connectivity index (χ3v) is 4.51. The molecule has 2 fully saturated rings. The van der Waals surface area contributed by atoms with Gasteiger partial charge < -0.3 is 10.0 Å². The van der Waals surface area contributed by atoms with Crippen molar-refractivity contribution in [2.24, 2.45) is 5.92 Å². The van der Waals surface area contributed by atoms with E-state index in [0.29, 0.717) is 30.1 Å². The van der Waals surface area contributed by atoms with E-state index in [-0.39, 0.29) is 24.4 Å². The first kappa shape index (κ1) is 17.7. The summed E-state index contributed by atoms with van der Waals surface area (Å²) < 4.78 is 0. The van der Waals surface area contributed by atoms with Crippen LogP contribution in [0.2, 0.25) is 0 Å². The van der Waals surface area contributed by atoms with E-state index in [4.69, 9.17) is 5.26 Å². The zero-order valence-electron chi connectivity index (χ0n) is 13.0. The second-order valence-electron chi connectivity index (χ2n) is 6.19. The second kappa shape index (κ2) is 7.78. The summed E-state index contributed by atoms with van der Waals surface area (Å²) in [5, 5.41) is 18.9. The highest BCUT2D eigenvalue weighted by atomic mass is 35.5. The minimum atomic E-state index is -0.213. The molecular weight excluding hydrogens is 314 g/mol. The molecule has 0 aromatic heterocycles. The maximum absolute atomic E-state index is 12.5. The minimum absolute atomic E-state index is 0. The van der Waals surface area contributed by atoms with Crippen LogP contribution in [-0.4, -0.2) is 59.6 Å². The van der Waals surface area contributed by atoms with Crippen LogP contribution in [0.5, 0.6) is 0 Å². The number of nitriles is 1. The average Bonchev–Trinajstić information content (AvgIpc) is 3.40. The van der Waals surface area contributed by atoms with Gasteiger partial charge in [-0.25, -0.2) is 0 Å². The first-order valence-corrected chi connectivity index (χ1v) is 7.87. The van der Waals surface area contributed by atoms with Crippen molar-refractivity contribution in [3.63, 3.8) is 0 Å². The van der Waals surface area contributed by atoms with Gasteiger partial charge in [0.15, 0.2) is 0 Å². The number of aliphatic hydroxyl groups excluding tert-OH is 1. The van der Waals surface area contributed by atoms with Crippen LogP contribution in [0.25, 0.3) is 0 Å². The van der Waals surface area contributed by atoms with Crippen molar-refractivity contribution in [3.8, 4) is 6.07 Å². The van der Waals surface area contributed by atoms with E-state index in [1.54, 1.807) is 24.3 Å². The Labute approximate surface area is 142 Å². The molecule has 2 aliphatic rings. The molecule has 124 valence electrons. The highest BCUT2D eigenvalue weighted by Gasteiger charge is 2.32. The first-order valence-electron chi connectivity index (χ1n) is 7.87. The Morgan fingerprint density at radius 2 is 2.00 bits per heavy atom. The van der Waals surface area contributed by atoms with Crippen LogP contribution in [-0.2, 0) is 0 Å². The molecule has 0 spiro atoms. The molecule has 23 heavy (non-hydrogen) atoms. The van der Waals surface area contributed by atoms with Crippen LogP contribution < -0.4 is 0 Å². The summed E-state index contributed by atoms with van der Waals surface area (Å²) >= 11 is 0. The summed E-state index contributed by atoms with van der Waals surface area (Å²) in [5.74, 6) is 0.480. The number of nitrogens with zero attached hydrogens (tertiary/aromatic N) is 3. The number of piperazine rings is 1. The molecule has 1 aromatic rings. The highest BCUT2D eigenvalue weighted by Crippen LogP contribution is 2.32. The van der Waals surface area contributed by atoms with Gasteiger partial charge in [-0.3, -0.25) is 9.69 Å². The molecule has 1 unspecified atom stereocenters. The summed E-state index contributed by atoms with van der Waals surface area (Å²) in [6.45, 7) is 3.66. The summed E-state index contributed by atoms with van der Waals surface area (Å²) in [7, 11) is 0. The number of hydrogen-bond donors (Lipinski definition) is 1. The van der Waals surface area contributed by atoms with Crippen LogP contribution in [0.1, 0.15) is 28.8 Å². The predicted octanol–water partition coefficient (Wildman–Crippen LogP) is 1.51. The smallest absolute Gasteiger partial charge is 0.253 e. The normalized spacial score (nSPS) is 19.6. The molecule has 0 bridgehead atoms. The van der Waals surface area contributed by atoms with E-state index < -0.39 is 0 Å². The van der Waals surface area contributed by atoms with Gasteiger partial charge >= 0.3 is 0 Å². The Balaban J connectivity index is 0.00000192. The Kier molecular flexibility index (Phi) is 6.00. The zero-order chi connectivity index (χ0) is 15.5. The molecule has 1 amide bonds. The lowest BCUT2D eigenvalue weighted by Crippen LogP contribution is -2.50. The largest absolute Gasteiger partial charge is 0.392 e. The summed E-state index contributed by atoms with van der Waals surface area (Å²) in [6.07, 6.45) is 2.08. The number of amides is 1. The zero-order valence-corrected chi connectivity index (χ0v) is 13.8. The molecule has 6 heteroatoms. The van der Waals surface area contributed by atoms with Gasteiger partial charge in [-0.1, -0.05) is 6.07 Å². The van der Waals surface area contributed by atoms with Crippen LogP contribution in [0.4, 0.5) is 0 Å². The molecule has 3 rings (SSSR count). The standard InChI is InChI=1S/C17H21N3O2.ClH/c18-11-13-2-1-3-15(10-13)17(22)20-8-6-19(7-9-20)12-16(21)14-4-5-14;/h1-3,10,14,16,21H,4-9,12H2;1H. The van der Waals surface area contributed by atoms with Crippen LogP contribution >= 0.6 is 12.4 Å². The fraction of sp³-hybridized carbons (Fsp3) is 0.529. The topological polar surface area (TPSA) is 67.6 Å². The van der Waals surface area contributed by atoms with Crippen LogP contribution in [0.3, 0.4) is 0 Å². The Hall–Kier alpha value is -1.61. The third-order valence-electron chi connectivity index (χ3n) is 4.51. The molecule has 1 heterocycles. The maximum Gasteiger partial charge on any atom is 0.253 e. The maximum atomic E-state index is 12.5. The number of rotatable bonds is 4. The van der Waals surface area contributed by atoms with Gasteiger partial charge in [-0.2, -0.15) is 5.26 Å². The van der Waals surface area contributed by atoms with Crippen molar-refractivity contribution >= 4 is 18.3 Å². The quantitative estimate of drug-likeness (QED) is 0.905. The summed E-state index contributed by atoms with van der Waals surface area (Å²) in [5.41, 5.74) is 1.09. The molecule has 1 aliphatic carbocycles. The molecule has 0 radical (unpaired) electrons. The van der Waals surface area contributed by atoms with Crippen LogP contribution in [0, 0.1) is 17.2 Å². The lowest BCUT2D eigenvalue weighted by Gasteiger charge is -2.35. The van der Waals surface area contributed by atoms with Crippen molar-refractivity contribution in [3.05, 3.63) is 35.4 Å². The van der Waals surface area contributed by atoms with Crippen molar-refractivity contribution < 1.29 is 9.90 Å². The number of halogens is 1. The summed E-state index contributed by atoms with van der Waals surface area (Å²) in [4.78, 5) is 16.5. The Morgan fingerprint density at radius 1 is 1.30 bits per heavy atom. The SMILES string of the molecule is Cl.N#Cc1cccc(C(=O)N2CCN(CC(O)C3CC3)CC2)c1. The van der Waals surface area contributed by atoms with Crippen LogP contribution in [0.15, 0.2) is 24.3 Å². The molecule has 5 nitrogen and oxygen atoms in total. The van der Waals surface area contributed by atoms with Gasteiger partial charge in [-0.05, 0) is 37.0 Å². The number of benzene rings is 1. The molecule has 1 saturated heterocycles. The number of β-amino-alcohol motifs (C(OH)–C–C–N with tert-alkyl or cyclic N) is 1. The average molecular weight is 336 g/mol. The van der Waals surface area contributed by atoms with E-state index in [1.807, 2.05) is 4.90 Å². The van der Waals surface area contributed by atoms with Crippen molar-refractivity contribution in [1.82, 2.24) is 9.80 Å². The molecule has 1 aliphatic heterocycles. The van der Waals surface area contributed by atoms with Gasteiger partial charge in [0.05, 0.1) is 17.7 Å². The van der Waals surface area contributed by atoms with Gasteiger partial charge in [-0.15, -0.1) is 12.4 Å². The molecule has 1 aromatic carbocycles. The van der Waals surface area contributed by atoms with Crippen molar-refractivity contribution in [2.45, 2.75) is 18.9 Å². The van der Waals surface area contributed by atoms with Gasteiger partial charge in [0, 0.05) is 38.3 Å². The highest BCUT2D eigenvalue weighted by molar-refractivity contribution is 5.94. The second-order valence-corrected chi connectivity index (χ2v) is 6.19. The van der Waals surface area contributed by atoms with Crippen molar-refractivity contribution in [2.75, 3.05) is 32.7 Å². The van der Waals surface area contributed by atoms with E-state index in [2.05, 4.69) is 11.0 Å². The molecule has 1 saturated carbocycles. The predicted molar refractivity (Wildman–Crippen MR) is 89.5 cm³/mol. The van der Waals surface area contributed by atoms with Gasteiger partial charge in [0.2, 0.25) is 0 Å². The fourth-order valence-electron chi connectivity index (χ4n) is 2.93. The third kappa shape index (κ3) is 4.44. The van der Waals surface area contributed by atoms with Gasteiger partial charge in [0.1, 0.15) is 0 Å². The molecule has 1 atom stereocenters. The van der Waals surface area contributed by atoms with Gasteiger partial charge in [0.25, 0.3) is 5.91 Å².